The smallest absolute Gasteiger partial charge is 0.259 e. The van der Waals surface area contributed by atoms with Gasteiger partial charge in [-0.25, -0.2) is 4.67 Å². The van der Waals surface area contributed by atoms with Gasteiger partial charge < -0.3 is 33.9 Å². The van der Waals surface area contributed by atoms with Gasteiger partial charge in [-0.1, -0.05) is 54.6 Å². The lowest BCUT2D eigenvalue weighted by Gasteiger charge is -2.36. The minimum Gasteiger partial charge on any atom is -0.497 e. The van der Waals surface area contributed by atoms with E-state index in [0.29, 0.717) is 37.5 Å². The third-order valence-electron chi connectivity index (χ3n) is 11.1. The molecule has 0 saturated heterocycles. The van der Waals surface area contributed by atoms with Crippen LogP contribution in [0.25, 0.3) is 0 Å². The van der Waals surface area contributed by atoms with E-state index in [0.717, 1.165) is 16.7 Å². The first kappa shape index (κ1) is 49.2. The quantitative estimate of drug-likeness (QED) is 0.0358. The lowest BCUT2D eigenvalue weighted by Crippen LogP contribution is -2.34. The van der Waals surface area contributed by atoms with E-state index in [1.54, 1.807) is 14.2 Å². The second kappa shape index (κ2) is 23.3. The minimum absolute atomic E-state index is 0.123. The Bertz CT molecular complexity index is 2450. The van der Waals surface area contributed by atoms with E-state index < -0.39 is 37.5 Å². The van der Waals surface area contributed by atoms with E-state index in [-0.39, 0.29) is 71.6 Å². The topological polar surface area (TPSA) is 166 Å². The normalized spacial score (nSPS) is 12.7. The Balaban J connectivity index is 1.06. The molecule has 0 fully saturated rings. The molecule has 1 unspecified atom stereocenters. The van der Waals surface area contributed by atoms with Gasteiger partial charge in [0.1, 0.15) is 17.1 Å². The highest BCUT2D eigenvalue weighted by atomic mass is 31.2. The van der Waals surface area contributed by atoms with Crippen LogP contribution in [0.5, 0.6) is 11.5 Å². The first-order chi connectivity index (χ1) is 31.9. The van der Waals surface area contributed by atoms with Crippen LogP contribution in [-0.4, -0.2) is 87.3 Å². The maximum Gasteiger partial charge on any atom is 0.259 e. The molecular formula is C52H57N4O9P. The van der Waals surface area contributed by atoms with Crippen LogP contribution in [-0.2, 0) is 19.4 Å². The molecule has 13 nitrogen and oxygen atoms in total. The summed E-state index contributed by atoms with van der Waals surface area (Å²) in [5.41, 5.74) is 2.73. The largest absolute Gasteiger partial charge is 0.497 e. The van der Waals surface area contributed by atoms with Crippen molar-refractivity contribution in [2.45, 2.75) is 64.6 Å². The highest BCUT2D eigenvalue weighted by molar-refractivity contribution is 7.44. The summed E-state index contributed by atoms with van der Waals surface area (Å²) in [5.74, 6) is -0.191. The van der Waals surface area contributed by atoms with Gasteiger partial charge in [0.15, 0.2) is 11.6 Å². The van der Waals surface area contributed by atoms with E-state index in [1.807, 2.05) is 78.9 Å². The summed E-state index contributed by atoms with van der Waals surface area (Å²) in [5, 5.41) is 14.8. The number of fused-ring (bicyclic) bond motifs is 2. The molecule has 0 heterocycles. The monoisotopic (exact) mass is 912 g/mol. The molecule has 1 aliphatic carbocycles. The van der Waals surface area contributed by atoms with Crippen LogP contribution in [0.1, 0.15) is 116 Å². The average molecular weight is 913 g/mol. The fourth-order valence-electron chi connectivity index (χ4n) is 7.94. The van der Waals surface area contributed by atoms with Gasteiger partial charge in [0.25, 0.3) is 20.3 Å². The van der Waals surface area contributed by atoms with Crippen molar-refractivity contribution < 1.29 is 42.4 Å². The Hall–Kier alpha value is -6.26. The SMILES string of the molecule is COc1ccc(C(OCCCNC(=O)c2ccc3c(c2)C(=O)c2ccc(C(=O)NCCCOP(OCCC#N)N(C(C)C)C(C)C)cc2C3=O)(c2ccccc2)c2ccc(OC)cc2)cc1. The van der Waals surface area contributed by atoms with Gasteiger partial charge in [0.05, 0.1) is 46.5 Å². The Morgan fingerprint density at radius 3 is 1.53 bits per heavy atom. The van der Waals surface area contributed by atoms with Gasteiger partial charge in [-0.3, -0.25) is 19.2 Å². The third-order valence-corrected chi connectivity index (χ3v) is 13.2. The molecule has 0 aromatic heterocycles. The molecule has 5 aromatic rings. The first-order valence-corrected chi connectivity index (χ1v) is 23.2. The maximum atomic E-state index is 13.8. The van der Waals surface area contributed by atoms with Gasteiger partial charge in [0.2, 0.25) is 0 Å². The molecular weight excluding hydrogens is 856 g/mol. The lowest BCUT2D eigenvalue weighted by atomic mass is 9.80. The molecule has 344 valence electrons. The summed E-state index contributed by atoms with van der Waals surface area (Å²) in [4.78, 5) is 54.2. The summed E-state index contributed by atoms with van der Waals surface area (Å²) < 4.78 is 32.0. The average Bonchev–Trinajstić information content (AvgIpc) is 3.34. The summed E-state index contributed by atoms with van der Waals surface area (Å²) in [7, 11) is 1.85. The minimum atomic E-state index is -1.40. The number of nitrogens with one attached hydrogen (secondary N) is 2. The number of carbonyl (C=O) groups excluding carboxylic acids is 4. The number of nitrogens with zero attached hydrogens (tertiary/aromatic N) is 2. The van der Waals surface area contributed by atoms with Crippen molar-refractivity contribution >= 4 is 31.9 Å². The predicted octanol–water partition coefficient (Wildman–Crippen LogP) is 9.02. The van der Waals surface area contributed by atoms with Crippen molar-refractivity contribution in [2.75, 3.05) is 47.1 Å². The highest BCUT2D eigenvalue weighted by Gasteiger charge is 2.38. The van der Waals surface area contributed by atoms with Crippen LogP contribution in [0.15, 0.2) is 115 Å². The number of hydrogen-bond acceptors (Lipinski definition) is 11. The number of methoxy groups -OCH3 is 2. The van der Waals surface area contributed by atoms with E-state index in [9.17, 15) is 19.2 Å². The Kier molecular flexibility index (Phi) is 17.3. The predicted molar refractivity (Wildman–Crippen MR) is 253 cm³/mol. The Morgan fingerprint density at radius 1 is 0.621 bits per heavy atom. The van der Waals surface area contributed by atoms with Gasteiger partial charge in [-0.15, -0.1) is 0 Å². The third kappa shape index (κ3) is 11.4. The van der Waals surface area contributed by atoms with E-state index in [1.165, 1.54) is 36.4 Å². The van der Waals surface area contributed by atoms with Crippen LogP contribution in [0, 0.1) is 11.3 Å². The number of ether oxygens (including phenoxy) is 3. The fraction of sp³-hybridized carbons (Fsp3) is 0.327. The van der Waals surface area contributed by atoms with Crippen molar-refractivity contribution in [2.24, 2.45) is 0 Å². The highest BCUT2D eigenvalue weighted by Crippen LogP contribution is 2.46. The lowest BCUT2D eigenvalue weighted by molar-refractivity contribution is 0.0117. The van der Waals surface area contributed by atoms with Gasteiger partial charge in [0, 0.05) is 58.6 Å². The summed E-state index contributed by atoms with van der Waals surface area (Å²) >= 11 is 0. The number of hydrogen-bond donors (Lipinski definition) is 2. The number of nitriles is 1. The molecule has 2 amide bonds. The zero-order valence-electron chi connectivity index (χ0n) is 38.3. The zero-order chi connectivity index (χ0) is 47.2. The van der Waals surface area contributed by atoms with Crippen LogP contribution in [0.3, 0.4) is 0 Å². The fourth-order valence-corrected chi connectivity index (χ4v) is 9.57. The number of benzene rings is 5. The molecule has 0 saturated carbocycles. The van der Waals surface area contributed by atoms with Crippen molar-refractivity contribution in [3.8, 4) is 17.6 Å². The van der Waals surface area contributed by atoms with Crippen LogP contribution in [0.4, 0.5) is 0 Å². The first-order valence-electron chi connectivity index (χ1n) is 22.1. The summed E-state index contributed by atoms with van der Waals surface area (Å²) in [6, 6.07) is 36.8. The number of rotatable bonds is 23. The number of carbonyl (C=O) groups is 4. The van der Waals surface area contributed by atoms with Gasteiger partial charge in [-0.2, -0.15) is 5.26 Å². The Labute approximate surface area is 388 Å². The standard InChI is InChI=1S/C52H57N4O9P/c1-35(2)56(36(3)4)66(64-31-10-27-53)65-32-12-29-55-51(60)38-16-26-45-47(34-38)49(58)44-25-15-37(33-46(44)48(45)57)50(59)54-28-11-30-63-52(39-13-8-7-9-14-39,40-17-21-42(61-5)22-18-40)41-19-23-43(62-6)24-20-41/h7-9,13-26,33-36H,10-12,28-32H2,1-6H3,(H,54,59)(H,55,60). The number of ketones is 2. The van der Waals surface area contributed by atoms with Crippen molar-refractivity contribution in [3.05, 3.63) is 165 Å². The van der Waals surface area contributed by atoms with E-state index in [2.05, 4.69) is 49.1 Å². The molecule has 6 rings (SSSR count). The molecule has 1 aliphatic rings. The molecule has 0 aliphatic heterocycles. The van der Waals surface area contributed by atoms with E-state index >= 15 is 0 Å². The molecule has 14 heteroatoms. The van der Waals surface area contributed by atoms with Crippen molar-refractivity contribution in [3.63, 3.8) is 0 Å². The van der Waals surface area contributed by atoms with Crippen molar-refractivity contribution in [1.82, 2.24) is 15.3 Å². The molecule has 66 heavy (non-hydrogen) atoms. The van der Waals surface area contributed by atoms with Crippen LogP contribution >= 0.6 is 8.53 Å². The molecule has 5 aromatic carbocycles. The summed E-state index contributed by atoms with van der Waals surface area (Å²) in [6.07, 6.45) is 1.22. The molecule has 2 N–H and O–H groups in total. The molecule has 0 bridgehead atoms. The second-order valence-corrected chi connectivity index (χ2v) is 17.6. The van der Waals surface area contributed by atoms with Crippen LogP contribution < -0.4 is 20.1 Å². The van der Waals surface area contributed by atoms with Gasteiger partial charge >= 0.3 is 0 Å². The van der Waals surface area contributed by atoms with Crippen LogP contribution in [0.2, 0.25) is 0 Å². The number of amides is 2. The Morgan fingerprint density at radius 2 is 1.08 bits per heavy atom. The van der Waals surface area contributed by atoms with Gasteiger partial charge in [-0.05, 0) is 118 Å². The molecule has 0 radical (unpaired) electrons. The summed E-state index contributed by atoms with van der Waals surface area (Å²) in [6.45, 7) is 9.67. The molecule has 0 spiro atoms. The maximum absolute atomic E-state index is 13.8. The van der Waals surface area contributed by atoms with Crippen molar-refractivity contribution in [1.29, 1.82) is 5.26 Å². The second-order valence-electron chi connectivity index (χ2n) is 16.1. The zero-order valence-corrected chi connectivity index (χ0v) is 39.2. The molecule has 1 atom stereocenters. The van der Waals surface area contributed by atoms with E-state index in [4.69, 9.17) is 28.5 Å².